The van der Waals surface area contributed by atoms with Crippen LogP contribution in [0.4, 0.5) is 0 Å². The van der Waals surface area contributed by atoms with Gasteiger partial charge in [0, 0.05) is 38.1 Å². The van der Waals surface area contributed by atoms with Gasteiger partial charge in [0.1, 0.15) is 0 Å². The summed E-state index contributed by atoms with van der Waals surface area (Å²) in [5, 5.41) is 0. The van der Waals surface area contributed by atoms with Gasteiger partial charge in [0.15, 0.2) is 24.0 Å². The van der Waals surface area contributed by atoms with E-state index in [-0.39, 0.29) is 30.4 Å². The van der Waals surface area contributed by atoms with Crippen LogP contribution in [0.3, 0.4) is 0 Å². The molecule has 0 N–H and O–H groups in total. The molecule has 0 unspecified atom stereocenters. The van der Waals surface area contributed by atoms with Crippen LogP contribution in [0.2, 0.25) is 0 Å². The molecule has 0 aliphatic heterocycles. The van der Waals surface area contributed by atoms with Crippen molar-refractivity contribution in [2.24, 2.45) is 0 Å². The fraction of sp³-hybridized carbons (Fsp3) is 0.235. The van der Waals surface area contributed by atoms with E-state index in [0.717, 1.165) is 0 Å². The van der Waals surface area contributed by atoms with Crippen molar-refractivity contribution < 1.29 is 23.5 Å². The second-order valence-electron chi connectivity index (χ2n) is 5.16. The first kappa shape index (κ1) is 15.7. The second-order valence-corrected chi connectivity index (χ2v) is 5.16. The van der Waals surface area contributed by atoms with Crippen molar-refractivity contribution in [1.82, 2.24) is 0 Å². The first-order chi connectivity index (χ1) is 10.5. The Morgan fingerprint density at radius 3 is 1.55 bits per heavy atom. The number of rotatable bonds is 6. The Balaban J connectivity index is 2.45. The lowest BCUT2D eigenvalue weighted by Gasteiger charge is -2.02. The minimum absolute atomic E-state index is 0.0325. The Hall–Kier alpha value is -2.69. The van der Waals surface area contributed by atoms with Crippen LogP contribution in [-0.2, 0) is 22.7 Å². The number of pyridine rings is 2. The Bertz CT molecular complexity index is 677. The average molecular weight is 298 g/mol. The van der Waals surface area contributed by atoms with Crippen molar-refractivity contribution in [3.05, 3.63) is 60.2 Å². The van der Waals surface area contributed by atoms with Crippen LogP contribution in [0.1, 0.15) is 30.0 Å². The summed E-state index contributed by atoms with van der Waals surface area (Å²) in [5.41, 5.74) is 0.836. The van der Waals surface area contributed by atoms with Gasteiger partial charge in [-0.3, -0.25) is 14.4 Å². The first-order valence-corrected chi connectivity index (χ1v) is 6.99. The molecule has 0 bridgehead atoms. The van der Waals surface area contributed by atoms with E-state index < -0.39 is 0 Å². The lowest BCUT2D eigenvalue weighted by Crippen LogP contribution is -2.47. The normalized spacial score (nSPS) is 10.3. The Labute approximate surface area is 128 Å². The SMILES string of the molecule is CC(=O)C[n+]1ccccc1C(=O)c1cccc[n+]1CC(C)=O. The van der Waals surface area contributed by atoms with Gasteiger partial charge >= 0.3 is 5.78 Å². The van der Waals surface area contributed by atoms with E-state index in [9.17, 15) is 14.4 Å². The molecular formula is C17H18N2O3+2. The third-order valence-electron chi connectivity index (χ3n) is 3.13. The van der Waals surface area contributed by atoms with E-state index in [1.54, 1.807) is 57.9 Å². The van der Waals surface area contributed by atoms with Gasteiger partial charge in [-0.1, -0.05) is 0 Å². The highest BCUT2D eigenvalue weighted by molar-refractivity contribution is 6.04. The molecule has 0 atom stereocenters. The zero-order valence-corrected chi connectivity index (χ0v) is 12.7. The van der Waals surface area contributed by atoms with Gasteiger partial charge in [0.25, 0.3) is 11.4 Å². The molecule has 2 aromatic heterocycles. The minimum atomic E-state index is -0.219. The number of ketones is 3. The van der Waals surface area contributed by atoms with Crippen LogP contribution in [0.5, 0.6) is 0 Å². The molecule has 0 radical (unpaired) electrons. The number of aromatic nitrogens is 2. The minimum Gasteiger partial charge on any atom is -0.293 e. The third kappa shape index (κ3) is 3.69. The maximum Gasteiger partial charge on any atom is 0.320 e. The molecule has 0 fully saturated rings. The van der Waals surface area contributed by atoms with Crippen LogP contribution < -0.4 is 9.13 Å². The predicted molar refractivity (Wildman–Crippen MR) is 78.1 cm³/mol. The van der Waals surface area contributed by atoms with Crippen LogP contribution in [0.15, 0.2) is 48.8 Å². The average Bonchev–Trinajstić information content (AvgIpc) is 2.46. The number of nitrogens with zero attached hydrogens (tertiary/aromatic N) is 2. The molecule has 0 amide bonds. The summed E-state index contributed by atoms with van der Waals surface area (Å²) < 4.78 is 3.24. The van der Waals surface area contributed by atoms with E-state index in [1.807, 2.05) is 0 Å². The van der Waals surface area contributed by atoms with Crippen molar-refractivity contribution in [3.8, 4) is 0 Å². The third-order valence-corrected chi connectivity index (χ3v) is 3.13. The molecule has 5 heteroatoms. The van der Waals surface area contributed by atoms with Crippen molar-refractivity contribution in [3.63, 3.8) is 0 Å². The number of hydrogen-bond donors (Lipinski definition) is 0. The van der Waals surface area contributed by atoms with Crippen molar-refractivity contribution >= 4 is 17.3 Å². The molecule has 2 aromatic rings. The molecule has 2 rings (SSSR count). The number of Topliss-reactive ketones (excluding diaryl/α,β-unsaturated/α-hetero) is 2. The summed E-state index contributed by atoms with van der Waals surface area (Å²) in [6, 6.07) is 10.4. The Kier molecular flexibility index (Phi) is 4.88. The van der Waals surface area contributed by atoms with Gasteiger partial charge in [0.2, 0.25) is 13.1 Å². The zero-order valence-electron chi connectivity index (χ0n) is 12.7. The van der Waals surface area contributed by atoms with Crippen LogP contribution in [-0.4, -0.2) is 17.3 Å². The van der Waals surface area contributed by atoms with Crippen LogP contribution >= 0.6 is 0 Å². The summed E-state index contributed by atoms with van der Waals surface area (Å²) in [6.07, 6.45) is 3.40. The van der Waals surface area contributed by atoms with E-state index in [2.05, 4.69) is 0 Å². The van der Waals surface area contributed by atoms with E-state index in [0.29, 0.717) is 11.4 Å². The van der Waals surface area contributed by atoms with E-state index >= 15 is 0 Å². The van der Waals surface area contributed by atoms with Crippen molar-refractivity contribution in [2.45, 2.75) is 26.9 Å². The van der Waals surface area contributed by atoms with Gasteiger partial charge in [-0.15, -0.1) is 0 Å². The lowest BCUT2D eigenvalue weighted by atomic mass is 10.1. The fourth-order valence-corrected chi connectivity index (χ4v) is 2.25. The maximum absolute atomic E-state index is 12.8. The molecule has 112 valence electrons. The largest absolute Gasteiger partial charge is 0.320 e. The fourth-order valence-electron chi connectivity index (χ4n) is 2.25. The molecule has 2 heterocycles. The molecule has 0 spiro atoms. The number of hydrogen-bond acceptors (Lipinski definition) is 3. The predicted octanol–water partition coefficient (Wildman–Crippen LogP) is 0.671. The molecule has 0 aromatic carbocycles. The molecule has 0 saturated heterocycles. The van der Waals surface area contributed by atoms with Gasteiger partial charge in [-0.2, -0.15) is 9.13 Å². The summed E-state index contributed by atoms with van der Waals surface area (Å²) >= 11 is 0. The summed E-state index contributed by atoms with van der Waals surface area (Å²) in [4.78, 5) is 35.5. The monoisotopic (exact) mass is 298 g/mol. The zero-order chi connectivity index (χ0) is 16.1. The van der Waals surface area contributed by atoms with Crippen LogP contribution in [0.25, 0.3) is 0 Å². The highest BCUT2D eigenvalue weighted by Crippen LogP contribution is 2.02. The van der Waals surface area contributed by atoms with E-state index in [4.69, 9.17) is 0 Å². The maximum atomic E-state index is 12.8. The number of carbonyl (C=O) groups is 3. The second kappa shape index (κ2) is 6.85. The highest BCUT2D eigenvalue weighted by atomic mass is 16.1. The molecule has 22 heavy (non-hydrogen) atoms. The van der Waals surface area contributed by atoms with Gasteiger partial charge < -0.3 is 0 Å². The molecule has 0 aliphatic carbocycles. The van der Waals surface area contributed by atoms with Gasteiger partial charge in [-0.25, -0.2) is 0 Å². The van der Waals surface area contributed by atoms with E-state index in [1.165, 1.54) is 13.8 Å². The standard InChI is InChI=1S/C17H18N2O3/c1-13(20)11-18-9-5-3-7-15(18)17(22)16-8-4-6-10-19(16)12-14(2)21/h3-10H,11-12H2,1-2H3/q+2. The van der Waals surface area contributed by atoms with Gasteiger partial charge in [0.05, 0.1) is 0 Å². The lowest BCUT2D eigenvalue weighted by molar-refractivity contribution is -0.693. The summed E-state index contributed by atoms with van der Waals surface area (Å²) in [5.74, 6) is -0.284. The molecule has 0 aliphatic rings. The van der Waals surface area contributed by atoms with Gasteiger partial charge in [-0.05, 0) is 12.1 Å². The molecule has 0 saturated carbocycles. The van der Waals surface area contributed by atoms with Crippen molar-refractivity contribution in [2.75, 3.05) is 0 Å². The topological polar surface area (TPSA) is 59.0 Å². The number of carbonyl (C=O) groups excluding carboxylic acids is 3. The Morgan fingerprint density at radius 2 is 1.18 bits per heavy atom. The van der Waals surface area contributed by atoms with Crippen LogP contribution in [0, 0.1) is 0 Å². The first-order valence-electron chi connectivity index (χ1n) is 6.99. The Morgan fingerprint density at radius 1 is 0.773 bits per heavy atom. The summed E-state index contributed by atoms with van der Waals surface area (Å²) in [7, 11) is 0. The molecular weight excluding hydrogens is 280 g/mol. The molecule has 5 nitrogen and oxygen atoms in total. The summed E-state index contributed by atoms with van der Waals surface area (Å²) in [6.45, 7) is 3.24. The quantitative estimate of drug-likeness (QED) is 0.582. The highest BCUT2D eigenvalue weighted by Gasteiger charge is 2.28. The van der Waals surface area contributed by atoms with Crippen molar-refractivity contribution in [1.29, 1.82) is 0 Å². The smallest absolute Gasteiger partial charge is 0.293 e.